The molecule has 106 valence electrons. The maximum atomic E-state index is 12.0. The van der Waals surface area contributed by atoms with Crippen molar-refractivity contribution in [3.63, 3.8) is 0 Å². The van der Waals surface area contributed by atoms with E-state index in [-0.39, 0.29) is 12.3 Å². The summed E-state index contributed by atoms with van der Waals surface area (Å²) in [6, 6.07) is 3.72. The third kappa shape index (κ3) is 4.99. The second kappa shape index (κ2) is 7.24. The minimum atomic E-state index is -0.893. The van der Waals surface area contributed by atoms with Crippen LogP contribution in [-0.4, -0.2) is 21.6 Å². The Labute approximate surface area is 115 Å². The number of hydrogen-bond donors (Lipinski definition) is 2. The zero-order valence-electron chi connectivity index (χ0n) is 12.1. The number of anilines is 1. The van der Waals surface area contributed by atoms with Crippen LogP contribution in [0.4, 0.5) is 5.82 Å². The lowest BCUT2D eigenvalue weighted by Gasteiger charge is -2.26. The summed E-state index contributed by atoms with van der Waals surface area (Å²) in [5, 5.41) is 13.2. The van der Waals surface area contributed by atoms with Crippen molar-refractivity contribution < 1.29 is 9.90 Å². The highest BCUT2D eigenvalue weighted by molar-refractivity contribution is 5.91. The molecule has 0 spiro atoms. The monoisotopic (exact) mass is 264 g/mol. The fourth-order valence-electron chi connectivity index (χ4n) is 2.32. The summed E-state index contributed by atoms with van der Waals surface area (Å²) in [4.78, 5) is 16.1. The van der Waals surface area contributed by atoms with E-state index >= 15 is 0 Å². The molecule has 4 nitrogen and oxygen atoms in total. The van der Waals surface area contributed by atoms with Gasteiger partial charge in [-0.1, -0.05) is 32.8 Å². The number of carbonyl (C=O) groups is 1. The zero-order valence-corrected chi connectivity index (χ0v) is 12.1. The number of aromatic nitrogens is 1. The van der Waals surface area contributed by atoms with Gasteiger partial charge in [-0.2, -0.15) is 0 Å². The molecule has 0 saturated carbocycles. The summed E-state index contributed by atoms with van der Waals surface area (Å²) in [5.74, 6) is 0.397. The minimum Gasteiger partial charge on any atom is -0.389 e. The highest BCUT2D eigenvalue weighted by Crippen LogP contribution is 2.24. The average Bonchev–Trinajstić information content (AvgIpc) is 2.32. The van der Waals surface area contributed by atoms with Crippen molar-refractivity contribution in [1.82, 2.24) is 4.98 Å². The first kappa shape index (κ1) is 15.6. The molecule has 0 aliphatic carbocycles. The van der Waals surface area contributed by atoms with Crippen molar-refractivity contribution in [2.45, 2.75) is 58.5 Å². The van der Waals surface area contributed by atoms with Crippen molar-refractivity contribution in [2.24, 2.45) is 0 Å². The van der Waals surface area contributed by atoms with Crippen LogP contribution < -0.4 is 5.32 Å². The lowest BCUT2D eigenvalue weighted by atomic mass is 9.89. The molecule has 0 radical (unpaired) electrons. The van der Waals surface area contributed by atoms with E-state index in [2.05, 4.69) is 10.3 Å². The van der Waals surface area contributed by atoms with Gasteiger partial charge in [0.05, 0.1) is 12.0 Å². The number of hydrogen-bond acceptors (Lipinski definition) is 3. The van der Waals surface area contributed by atoms with E-state index in [0.717, 1.165) is 18.4 Å². The Bertz CT molecular complexity index is 412. The topological polar surface area (TPSA) is 62.2 Å². The van der Waals surface area contributed by atoms with Crippen LogP contribution in [0.15, 0.2) is 18.3 Å². The number of aryl methyl sites for hydroxylation is 1. The summed E-state index contributed by atoms with van der Waals surface area (Å²) in [6.45, 7) is 5.93. The molecule has 0 aromatic carbocycles. The molecular weight excluding hydrogens is 240 g/mol. The number of amides is 1. The van der Waals surface area contributed by atoms with Crippen LogP contribution in [0, 0.1) is 6.92 Å². The second-order valence-corrected chi connectivity index (χ2v) is 5.12. The molecule has 1 aromatic heterocycles. The Hall–Kier alpha value is -1.42. The van der Waals surface area contributed by atoms with Gasteiger partial charge < -0.3 is 10.4 Å². The van der Waals surface area contributed by atoms with Gasteiger partial charge in [-0.05, 0) is 31.4 Å². The number of pyridine rings is 1. The van der Waals surface area contributed by atoms with Crippen molar-refractivity contribution in [3.05, 3.63) is 23.9 Å². The Morgan fingerprint density at radius 1 is 1.37 bits per heavy atom. The highest BCUT2D eigenvalue weighted by Gasteiger charge is 2.28. The molecule has 0 bridgehead atoms. The lowest BCUT2D eigenvalue weighted by Crippen LogP contribution is -2.34. The van der Waals surface area contributed by atoms with E-state index < -0.39 is 5.60 Å². The Morgan fingerprint density at radius 3 is 2.53 bits per heavy atom. The van der Waals surface area contributed by atoms with Gasteiger partial charge in [-0.15, -0.1) is 0 Å². The van der Waals surface area contributed by atoms with Crippen LogP contribution in [0.5, 0.6) is 0 Å². The highest BCUT2D eigenvalue weighted by atomic mass is 16.3. The normalized spacial score (nSPS) is 11.4. The van der Waals surface area contributed by atoms with Crippen LogP contribution in [0.2, 0.25) is 0 Å². The molecular formula is C15H24N2O2. The molecule has 0 aliphatic rings. The average molecular weight is 264 g/mol. The summed E-state index contributed by atoms with van der Waals surface area (Å²) in [7, 11) is 0. The van der Waals surface area contributed by atoms with E-state index in [9.17, 15) is 9.90 Å². The predicted octanol–water partition coefficient (Wildman–Crippen LogP) is 3.05. The van der Waals surface area contributed by atoms with Gasteiger partial charge in [0, 0.05) is 6.20 Å². The standard InChI is InChI=1S/C15H24N2O2/c1-4-8-15(19,9-5-2)11-13(18)17-14-12(3)7-6-10-16-14/h6-7,10,19H,4-5,8-9,11H2,1-3H3,(H,16,17,18). The molecule has 0 saturated heterocycles. The number of rotatable bonds is 7. The number of nitrogens with zero attached hydrogens (tertiary/aromatic N) is 1. The molecule has 1 amide bonds. The summed E-state index contributed by atoms with van der Waals surface area (Å²) in [6.07, 6.45) is 4.81. The van der Waals surface area contributed by atoms with E-state index in [1.165, 1.54) is 0 Å². The summed E-state index contributed by atoms with van der Waals surface area (Å²) in [5.41, 5.74) is 0.0291. The minimum absolute atomic E-state index is 0.130. The van der Waals surface area contributed by atoms with E-state index in [4.69, 9.17) is 0 Å². The van der Waals surface area contributed by atoms with Gasteiger partial charge >= 0.3 is 0 Å². The Balaban J connectivity index is 2.65. The molecule has 0 unspecified atom stereocenters. The third-order valence-corrected chi connectivity index (χ3v) is 3.19. The predicted molar refractivity (Wildman–Crippen MR) is 77.0 cm³/mol. The van der Waals surface area contributed by atoms with Crippen molar-refractivity contribution in [1.29, 1.82) is 0 Å². The van der Waals surface area contributed by atoms with Gasteiger partial charge in [0.15, 0.2) is 0 Å². The van der Waals surface area contributed by atoms with E-state index in [0.29, 0.717) is 18.7 Å². The third-order valence-electron chi connectivity index (χ3n) is 3.19. The van der Waals surface area contributed by atoms with Crippen molar-refractivity contribution in [2.75, 3.05) is 5.32 Å². The van der Waals surface area contributed by atoms with Gasteiger partial charge in [0.1, 0.15) is 5.82 Å². The second-order valence-electron chi connectivity index (χ2n) is 5.12. The lowest BCUT2D eigenvalue weighted by molar-refractivity contribution is -0.121. The molecule has 1 heterocycles. The number of aliphatic hydroxyl groups is 1. The summed E-state index contributed by atoms with van der Waals surface area (Å²) < 4.78 is 0. The maximum Gasteiger partial charge on any atom is 0.228 e. The zero-order chi connectivity index (χ0) is 14.3. The van der Waals surface area contributed by atoms with Gasteiger partial charge in [-0.25, -0.2) is 4.98 Å². The molecule has 1 rings (SSSR count). The quantitative estimate of drug-likeness (QED) is 0.795. The fourth-order valence-corrected chi connectivity index (χ4v) is 2.32. The first-order valence-electron chi connectivity index (χ1n) is 6.94. The van der Waals surface area contributed by atoms with Gasteiger partial charge in [-0.3, -0.25) is 4.79 Å². The first-order chi connectivity index (χ1) is 9.00. The van der Waals surface area contributed by atoms with E-state index in [1.807, 2.05) is 32.9 Å². The Morgan fingerprint density at radius 2 is 2.00 bits per heavy atom. The molecule has 4 heteroatoms. The maximum absolute atomic E-state index is 12.0. The van der Waals surface area contributed by atoms with Crippen LogP contribution in [0.3, 0.4) is 0 Å². The van der Waals surface area contributed by atoms with Gasteiger partial charge in [0.25, 0.3) is 0 Å². The van der Waals surface area contributed by atoms with E-state index in [1.54, 1.807) is 6.20 Å². The summed E-state index contributed by atoms with van der Waals surface area (Å²) >= 11 is 0. The van der Waals surface area contributed by atoms with Gasteiger partial charge in [0.2, 0.25) is 5.91 Å². The number of carbonyl (C=O) groups excluding carboxylic acids is 1. The van der Waals surface area contributed by atoms with Crippen molar-refractivity contribution in [3.8, 4) is 0 Å². The SMILES string of the molecule is CCCC(O)(CCC)CC(=O)Nc1ncccc1C. The molecule has 19 heavy (non-hydrogen) atoms. The fraction of sp³-hybridized carbons (Fsp3) is 0.600. The smallest absolute Gasteiger partial charge is 0.228 e. The largest absolute Gasteiger partial charge is 0.389 e. The van der Waals surface area contributed by atoms with Crippen LogP contribution in [0.1, 0.15) is 51.5 Å². The molecule has 1 aromatic rings. The molecule has 0 atom stereocenters. The number of nitrogens with one attached hydrogen (secondary N) is 1. The van der Waals surface area contributed by atoms with Crippen molar-refractivity contribution >= 4 is 11.7 Å². The van der Waals surface area contributed by atoms with Crippen LogP contribution in [0.25, 0.3) is 0 Å². The molecule has 0 aliphatic heterocycles. The first-order valence-corrected chi connectivity index (χ1v) is 6.94. The molecule has 0 fully saturated rings. The Kier molecular flexibility index (Phi) is 5.96. The molecule has 2 N–H and O–H groups in total. The van der Waals surface area contributed by atoms with Crippen LogP contribution in [-0.2, 0) is 4.79 Å². The van der Waals surface area contributed by atoms with Crippen LogP contribution >= 0.6 is 0 Å².